The number of aliphatic hydroxyl groups is 1. The number of aliphatic hydroxyl groups excluding tert-OH is 1. The maximum atomic E-state index is 8.57. The van der Waals surface area contributed by atoms with Crippen LogP contribution in [0.15, 0.2) is 0 Å². The lowest BCUT2D eigenvalue weighted by Gasteiger charge is -2.07. The van der Waals surface area contributed by atoms with E-state index in [1.165, 1.54) is 0 Å². The number of ether oxygens (including phenoxy) is 1. The van der Waals surface area contributed by atoms with Gasteiger partial charge < -0.3 is 15.6 Å². The third-order valence-electron chi connectivity index (χ3n) is 1.51. The lowest BCUT2D eigenvalue weighted by Crippen LogP contribution is -2.29. The van der Waals surface area contributed by atoms with E-state index in [-0.39, 0.29) is 24.8 Å². The molecular weight excluding hydrogens is 117 g/mol. The van der Waals surface area contributed by atoms with Crippen LogP contribution in [0, 0.1) is 0 Å². The van der Waals surface area contributed by atoms with E-state index in [1.807, 2.05) is 0 Å². The molecule has 1 rings (SSSR count). The molecule has 2 radical (unpaired) electrons. The second kappa shape index (κ2) is 2.69. The van der Waals surface area contributed by atoms with Crippen LogP contribution in [0.2, 0.25) is 0 Å². The van der Waals surface area contributed by atoms with Crippen LogP contribution in [0.4, 0.5) is 0 Å². The summed E-state index contributed by atoms with van der Waals surface area (Å²) in [6.45, 7) is 0.0153. The van der Waals surface area contributed by atoms with Crippen LogP contribution in [-0.2, 0) is 4.74 Å². The highest BCUT2D eigenvalue weighted by Crippen LogP contribution is 2.15. The molecule has 0 bridgehead atoms. The molecule has 1 aliphatic rings. The monoisotopic (exact) mass is 127 g/mol. The van der Waals surface area contributed by atoms with Crippen molar-refractivity contribution >= 4 is 7.85 Å². The van der Waals surface area contributed by atoms with Gasteiger partial charge in [0.05, 0.1) is 12.7 Å². The third kappa shape index (κ3) is 1.44. The Labute approximate surface area is 55.6 Å². The van der Waals surface area contributed by atoms with Gasteiger partial charge in [0, 0.05) is 12.0 Å². The zero-order valence-electron chi connectivity index (χ0n) is 5.16. The molecule has 1 heterocycles. The van der Waals surface area contributed by atoms with E-state index in [0.29, 0.717) is 6.42 Å². The first-order valence-corrected chi connectivity index (χ1v) is 3.01. The first-order valence-electron chi connectivity index (χ1n) is 3.01. The van der Waals surface area contributed by atoms with Crippen LogP contribution in [0.1, 0.15) is 6.42 Å². The fourth-order valence-electron chi connectivity index (χ4n) is 0.934. The molecule has 1 fully saturated rings. The van der Waals surface area contributed by atoms with Crippen molar-refractivity contribution in [1.29, 1.82) is 0 Å². The van der Waals surface area contributed by atoms with Crippen LogP contribution < -0.4 is 5.73 Å². The molecule has 3 N–H and O–H groups in total. The maximum absolute atomic E-state index is 8.57. The van der Waals surface area contributed by atoms with Gasteiger partial charge in [-0.25, -0.2) is 0 Å². The molecule has 3 nitrogen and oxygen atoms in total. The van der Waals surface area contributed by atoms with Gasteiger partial charge in [-0.3, -0.25) is 0 Å². The van der Waals surface area contributed by atoms with Gasteiger partial charge in [-0.2, -0.15) is 0 Å². The van der Waals surface area contributed by atoms with Crippen molar-refractivity contribution in [2.75, 3.05) is 6.61 Å². The van der Waals surface area contributed by atoms with Crippen LogP contribution >= 0.6 is 0 Å². The highest BCUT2D eigenvalue weighted by molar-refractivity contribution is 6.11. The van der Waals surface area contributed by atoms with Gasteiger partial charge in [0.15, 0.2) is 0 Å². The van der Waals surface area contributed by atoms with Crippen molar-refractivity contribution in [1.82, 2.24) is 0 Å². The van der Waals surface area contributed by atoms with Crippen molar-refractivity contribution in [2.24, 2.45) is 5.73 Å². The Kier molecular flexibility index (Phi) is 2.11. The summed E-state index contributed by atoms with van der Waals surface area (Å²) in [5, 5.41) is 8.57. The summed E-state index contributed by atoms with van der Waals surface area (Å²) in [6, 6.07) is -0.496. The molecule has 0 unspecified atom stereocenters. The van der Waals surface area contributed by atoms with E-state index in [4.69, 9.17) is 23.4 Å². The van der Waals surface area contributed by atoms with Gasteiger partial charge in [-0.15, -0.1) is 0 Å². The quantitative estimate of drug-likeness (QED) is 0.425. The largest absolute Gasteiger partial charge is 0.394 e. The Bertz CT molecular complexity index is 91.0. The van der Waals surface area contributed by atoms with E-state index in [9.17, 15) is 0 Å². The summed E-state index contributed by atoms with van der Waals surface area (Å²) >= 11 is 0. The predicted molar refractivity (Wildman–Crippen MR) is 34.1 cm³/mol. The number of hydrogen-bond donors (Lipinski definition) is 2. The Balaban J connectivity index is 2.35. The third-order valence-corrected chi connectivity index (χ3v) is 1.51. The molecule has 0 spiro atoms. The summed E-state index contributed by atoms with van der Waals surface area (Å²) in [7, 11) is 5.39. The predicted octanol–water partition coefficient (Wildman–Crippen LogP) is -1.41. The zero-order chi connectivity index (χ0) is 6.85. The van der Waals surface area contributed by atoms with Gasteiger partial charge in [0.25, 0.3) is 0 Å². The maximum Gasteiger partial charge on any atom is 0.111 e. The van der Waals surface area contributed by atoms with Gasteiger partial charge in [-0.05, 0) is 6.42 Å². The second-order valence-corrected chi connectivity index (χ2v) is 2.30. The molecule has 0 aromatic heterocycles. The van der Waals surface area contributed by atoms with Gasteiger partial charge in [0.1, 0.15) is 7.85 Å². The van der Waals surface area contributed by atoms with Crippen LogP contribution in [0.3, 0.4) is 0 Å². The topological polar surface area (TPSA) is 55.5 Å². The Morgan fingerprint density at radius 3 is 2.67 bits per heavy atom. The minimum absolute atomic E-state index is 0.0153. The lowest BCUT2D eigenvalue weighted by molar-refractivity contribution is 0.0422. The standard InChI is InChI=1S/C5H10BNO2/c6-5-4(7)1-3(2-8)9-5/h3-5,8H,1-2,7H2/t3-,4+,5+/m0/s1. The molecule has 50 valence electrons. The number of rotatable bonds is 1. The smallest absolute Gasteiger partial charge is 0.111 e. The molecule has 1 saturated heterocycles. The molecule has 3 atom stereocenters. The zero-order valence-corrected chi connectivity index (χ0v) is 5.16. The molecule has 0 amide bonds. The number of nitrogens with two attached hydrogens (primary N) is 1. The highest BCUT2D eigenvalue weighted by Gasteiger charge is 2.27. The summed E-state index contributed by atoms with van der Waals surface area (Å²) < 4.78 is 5.03. The van der Waals surface area contributed by atoms with Crippen molar-refractivity contribution in [3.63, 3.8) is 0 Å². The Morgan fingerprint density at radius 2 is 2.44 bits per heavy atom. The van der Waals surface area contributed by atoms with E-state index >= 15 is 0 Å². The first kappa shape index (κ1) is 7.06. The first-order chi connectivity index (χ1) is 4.24. The molecule has 0 saturated carbocycles. The van der Waals surface area contributed by atoms with E-state index in [0.717, 1.165) is 0 Å². The minimum Gasteiger partial charge on any atom is -0.394 e. The fraction of sp³-hybridized carbons (Fsp3) is 1.00. The van der Waals surface area contributed by atoms with Crippen molar-refractivity contribution < 1.29 is 9.84 Å². The molecule has 0 aromatic carbocycles. The molecule has 4 heteroatoms. The molecule has 1 aliphatic heterocycles. The van der Waals surface area contributed by atoms with Crippen molar-refractivity contribution in [3.8, 4) is 0 Å². The van der Waals surface area contributed by atoms with Crippen LogP contribution in [0.5, 0.6) is 0 Å². The average Bonchev–Trinajstić information content (AvgIpc) is 2.13. The Hall–Kier alpha value is -0.0551. The minimum atomic E-state index is -0.387. The van der Waals surface area contributed by atoms with E-state index < -0.39 is 0 Å². The van der Waals surface area contributed by atoms with E-state index in [1.54, 1.807) is 0 Å². The molecule has 0 aromatic rings. The summed E-state index contributed by atoms with van der Waals surface area (Å²) in [6.07, 6.45) is 0.521. The van der Waals surface area contributed by atoms with Crippen molar-refractivity contribution in [3.05, 3.63) is 0 Å². The fourth-order valence-corrected chi connectivity index (χ4v) is 0.934. The van der Waals surface area contributed by atoms with Gasteiger partial charge >= 0.3 is 0 Å². The second-order valence-electron chi connectivity index (χ2n) is 2.30. The SMILES string of the molecule is [B][C@@H]1O[C@H](CO)C[C@H]1N. The highest BCUT2D eigenvalue weighted by atomic mass is 16.5. The van der Waals surface area contributed by atoms with Crippen LogP contribution in [0.25, 0.3) is 0 Å². The van der Waals surface area contributed by atoms with Gasteiger partial charge in [-0.1, -0.05) is 0 Å². The Morgan fingerprint density at radius 1 is 1.78 bits per heavy atom. The lowest BCUT2D eigenvalue weighted by atomic mass is 9.93. The van der Waals surface area contributed by atoms with E-state index in [2.05, 4.69) is 0 Å². The average molecular weight is 127 g/mol. The molecular formula is C5H10BNO2. The summed E-state index contributed by atoms with van der Waals surface area (Å²) in [5.74, 6) is 0. The molecule has 0 aliphatic carbocycles. The van der Waals surface area contributed by atoms with Gasteiger partial charge in [0.2, 0.25) is 0 Å². The number of hydrogen-bond acceptors (Lipinski definition) is 3. The summed E-state index contributed by atoms with van der Waals surface area (Å²) in [4.78, 5) is 0. The van der Waals surface area contributed by atoms with Crippen molar-refractivity contribution in [2.45, 2.75) is 24.6 Å². The normalized spacial score (nSPS) is 43.6. The van der Waals surface area contributed by atoms with Crippen LogP contribution in [-0.4, -0.2) is 37.7 Å². The molecule has 9 heavy (non-hydrogen) atoms. The summed E-state index contributed by atoms with van der Waals surface area (Å²) in [5.41, 5.74) is 5.48.